The molecular formula is C13H19NO6. The van der Waals surface area contributed by atoms with Crippen molar-refractivity contribution < 1.29 is 29.2 Å². The van der Waals surface area contributed by atoms with Gasteiger partial charge in [0.05, 0.1) is 33.4 Å². The fraction of sp³-hybridized carbons (Fsp3) is 0.538. The van der Waals surface area contributed by atoms with E-state index in [4.69, 9.17) is 14.2 Å². The first-order chi connectivity index (χ1) is 9.53. The maximum Gasteiger partial charge on any atom is 0.308 e. The van der Waals surface area contributed by atoms with Crippen LogP contribution in [0.2, 0.25) is 0 Å². The molecule has 7 nitrogen and oxygen atoms in total. The molecule has 0 spiro atoms. The number of hydrogen-bond donors (Lipinski definition) is 2. The van der Waals surface area contributed by atoms with Gasteiger partial charge in [-0.25, -0.2) is 0 Å². The lowest BCUT2D eigenvalue weighted by Gasteiger charge is -2.19. The lowest BCUT2D eigenvalue weighted by Crippen LogP contribution is -2.23. The molecule has 1 rings (SSSR count). The molecule has 0 saturated carbocycles. The summed E-state index contributed by atoms with van der Waals surface area (Å²) in [5.41, 5.74) is 0.269. The number of aromatic nitrogens is 1. The maximum atomic E-state index is 11.3. The molecule has 0 fully saturated rings. The second-order valence-corrected chi connectivity index (χ2v) is 3.97. The number of carbonyl (C=O) groups is 1. The fourth-order valence-corrected chi connectivity index (χ4v) is 1.65. The van der Waals surface area contributed by atoms with E-state index in [-0.39, 0.29) is 24.5 Å². The van der Waals surface area contributed by atoms with Crippen LogP contribution in [0, 0.1) is 0 Å². The Balaban J connectivity index is 2.85. The summed E-state index contributed by atoms with van der Waals surface area (Å²) in [6.45, 7) is 1.88. The molecule has 7 heteroatoms. The second kappa shape index (κ2) is 7.66. The zero-order valence-corrected chi connectivity index (χ0v) is 11.7. The Morgan fingerprint density at radius 1 is 1.30 bits per heavy atom. The van der Waals surface area contributed by atoms with Crippen LogP contribution >= 0.6 is 0 Å². The van der Waals surface area contributed by atoms with E-state index in [0.29, 0.717) is 5.88 Å². The van der Waals surface area contributed by atoms with E-state index in [9.17, 15) is 15.0 Å². The maximum absolute atomic E-state index is 11.3. The quantitative estimate of drug-likeness (QED) is 0.702. The average Bonchev–Trinajstić information content (AvgIpc) is 2.45. The van der Waals surface area contributed by atoms with Crippen LogP contribution in [0.5, 0.6) is 11.8 Å². The summed E-state index contributed by atoms with van der Waals surface area (Å²) in [6.07, 6.45) is -2.93. The molecule has 1 aromatic rings. The smallest absolute Gasteiger partial charge is 0.308 e. The first-order valence-corrected chi connectivity index (χ1v) is 6.14. The molecule has 0 aliphatic rings. The number of nitrogens with zero attached hydrogens (tertiary/aromatic N) is 1. The highest BCUT2D eigenvalue weighted by Gasteiger charge is 2.25. The third kappa shape index (κ3) is 4.07. The molecule has 112 valence electrons. The van der Waals surface area contributed by atoms with Crippen LogP contribution in [0.1, 0.15) is 25.0 Å². The molecule has 2 unspecified atom stereocenters. The highest BCUT2D eigenvalue weighted by atomic mass is 16.5. The number of aliphatic hydroxyl groups is 2. The molecule has 0 saturated heterocycles. The van der Waals surface area contributed by atoms with E-state index < -0.39 is 18.2 Å². The van der Waals surface area contributed by atoms with Gasteiger partial charge in [0.15, 0.2) is 0 Å². The van der Waals surface area contributed by atoms with E-state index in [2.05, 4.69) is 4.98 Å². The van der Waals surface area contributed by atoms with E-state index in [1.54, 1.807) is 6.92 Å². The minimum absolute atomic E-state index is 0.125. The van der Waals surface area contributed by atoms with Crippen molar-refractivity contribution in [3.63, 3.8) is 0 Å². The Kier molecular flexibility index (Phi) is 6.20. The van der Waals surface area contributed by atoms with Crippen molar-refractivity contribution in [3.05, 3.63) is 17.7 Å². The largest absolute Gasteiger partial charge is 0.481 e. The lowest BCUT2D eigenvalue weighted by atomic mass is 10.0. The van der Waals surface area contributed by atoms with Gasteiger partial charge in [-0.05, 0) is 13.0 Å². The minimum Gasteiger partial charge on any atom is -0.481 e. The molecular weight excluding hydrogens is 266 g/mol. The van der Waals surface area contributed by atoms with E-state index >= 15 is 0 Å². The van der Waals surface area contributed by atoms with Crippen LogP contribution < -0.4 is 9.47 Å². The molecule has 0 aromatic carbocycles. The van der Waals surface area contributed by atoms with Gasteiger partial charge in [-0.2, -0.15) is 4.98 Å². The van der Waals surface area contributed by atoms with Crippen molar-refractivity contribution in [2.75, 3.05) is 20.8 Å². The van der Waals surface area contributed by atoms with Crippen LogP contribution in [0.3, 0.4) is 0 Å². The van der Waals surface area contributed by atoms with Crippen molar-refractivity contribution in [2.24, 2.45) is 0 Å². The highest BCUT2D eigenvalue weighted by Crippen LogP contribution is 2.28. The number of hydrogen-bond acceptors (Lipinski definition) is 7. The number of methoxy groups -OCH3 is 2. The van der Waals surface area contributed by atoms with Crippen LogP contribution in [-0.4, -0.2) is 48.1 Å². The topological polar surface area (TPSA) is 98.1 Å². The predicted molar refractivity (Wildman–Crippen MR) is 69.6 cm³/mol. The summed E-state index contributed by atoms with van der Waals surface area (Å²) >= 11 is 0. The number of aliphatic hydroxyl groups excluding tert-OH is 2. The molecule has 0 bridgehead atoms. The van der Waals surface area contributed by atoms with Gasteiger partial charge >= 0.3 is 5.97 Å². The molecule has 2 N–H and O–H groups in total. The summed E-state index contributed by atoms with van der Waals surface area (Å²) in [5, 5.41) is 19.9. The molecule has 0 radical (unpaired) electrons. The Morgan fingerprint density at radius 3 is 2.55 bits per heavy atom. The standard InChI is InChI=1S/C13H19NO6/c1-4-20-11(16)7-9(15)12(17)8-5-6-10(18-2)14-13(8)19-3/h5-6,9,12,15,17H,4,7H2,1-3H3. The van der Waals surface area contributed by atoms with Crippen molar-refractivity contribution in [3.8, 4) is 11.8 Å². The number of ether oxygens (including phenoxy) is 3. The Morgan fingerprint density at radius 2 is 2.00 bits per heavy atom. The predicted octanol–water partition coefficient (Wildman–Crippen LogP) is 0.446. The fourth-order valence-electron chi connectivity index (χ4n) is 1.65. The molecule has 1 aromatic heterocycles. The van der Waals surface area contributed by atoms with Gasteiger partial charge in [0.1, 0.15) is 6.10 Å². The van der Waals surface area contributed by atoms with Crippen LogP contribution in [0.25, 0.3) is 0 Å². The van der Waals surface area contributed by atoms with Crippen molar-refractivity contribution in [1.82, 2.24) is 4.98 Å². The first kappa shape index (κ1) is 16.2. The van der Waals surface area contributed by atoms with Gasteiger partial charge in [-0.3, -0.25) is 4.79 Å². The van der Waals surface area contributed by atoms with Crippen molar-refractivity contribution >= 4 is 5.97 Å². The number of carbonyl (C=O) groups excluding carboxylic acids is 1. The van der Waals surface area contributed by atoms with Crippen LogP contribution in [0.15, 0.2) is 12.1 Å². The number of esters is 1. The zero-order valence-electron chi connectivity index (χ0n) is 11.7. The zero-order chi connectivity index (χ0) is 15.1. The van der Waals surface area contributed by atoms with E-state index in [0.717, 1.165) is 0 Å². The van der Waals surface area contributed by atoms with Gasteiger partial charge in [-0.1, -0.05) is 0 Å². The van der Waals surface area contributed by atoms with Crippen LogP contribution in [-0.2, 0) is 9.53 Å². The van der Waals surface area contributed by atoms with Crippen molar-refractivity contribution in [1.29, 1.82) is 0 Å². The SMILES string of the molecule is CCOC(=O)CC(O)C(O)c1ccc(OC)nc1OC. The van der Waals surface area contributed by atoms with Gasteiger partial charge in [-0.15, -0.1) is 0 Å². The van der Waals surface area contributed by atoms with E-state index in [1.807, 2.05) is 0 Å². The van der Waals surface area contributed by atoms with Gasteiger partial charge in [0.2, 0.25) is 11.8 Å². The molecule has 0 aliphatic carbocycles. The summed E-state index contributed by atoms with van der Waals surface area (Å²) in [4.78, 5) is 15.3. The summed E-state index contributed by atoms with van der Waals surface area (Å²) in [6, 6.07) is 3.04. The monoisotopic (exact) mass is 285 g/mol. The van der Waals surface area contributed by atoms with Gasteiger partial charge in [0.25, 0.3) is 0 Å². The van der Waals surface area contributed by atoms with E-state index in [1.165, 1.54) is 26.4 Å². The number of pyridine rings is 1. The average molecular weight is 285 g/mol. The minimum atomic E-state index is -1.31. The van der Waals surface area contributed by atoms with Crippen molar-refractivity contribution in [2.45, 2.75) is 25.6 Å². The Labute approximate surface area is 117 Å². The summed E-state index contributed by atoms with van der Waals surface area (Å²) in [5.74, 6) is -0.142. The third-order valence-electron chi connectivity index (χ3n) is 2.63. The molecule has 20 heavy (non-hydrogen) atoms. The second-order valence-electron chi connectivity index (χ2n) is 3.97. The first-order valence-electron chi connectivity index (χ1n) is 6.14. The molecule has 0 amide bonds. The Hall–Kier alpha value is -1.86. The Bertz CT molecular complexity index is 450. The van der Waals surface area contributed by atoms with Gasteiger partial charge < -0.3 is 24.4 Å². The lowest BCUT2D eigenvalue weighted by molar-refractivity contribution is -0.147. The molecule has 1 heterocycles. The summed E-state index contributed by atoms with van der Waals surface area (Å²) in [7, 11) is 2.84. The van der Waals surface area contributed by atoms with Crippen LogP contribution in [0.4, 0.5) is 0 Å². The van der Waals surface area contributed by atoms with Gasteiger partial charge in [0, 0.05) is 11.6 Å². The summed E-state index contributed by atoms with van der Waals surface area (Å²) < 4.78 is 14.7. The normalized spacial score (nSPS) is 13.4. The highest BCUT2D eigenvalue weighted by molar-refractivity contribution is 5.70. The molecule has 2 atom stereocenters. The molecule has 0 aliphatic heterocycles. The number of rotatable bonds is 7. The third-order valence-corrected chi connectivity index (χ3v) is 2.63.